The fourth-order valence-electron chi connectivity index (χ4n) is 3.69. The Kier molecular flexibility index (Phi) is 6.84. The Labute approximate surface area is 195 Å². The van der Waals surface area contributed by atoms with Crippen LogP contribution in [0.15, 0.2) is 71.6 Å². The summed E-state index contributed by atoms with van der Waals surface area (Å²) in [7, 11) is 3.14. The summed E-state index contributed by atoms with van der Waals surface area (Å²) < 4.78 is 24.7. The molecule has 1 N–H and O–H groups in total. The first kappa shape index (κ1) is 22.7. The smallest absolute Gasteiger partial charge is 0.244 e. The minimum Gasteiger partial charge on any atom is -0.493 e. The van der Waals surface area contributed by atoms with Gasteiger partial charge < -0.3 is 19.7 Å². The van der Waals surface area contributed by atoms with Crippen LogP contribution in [0.5, 0.6) is 11.5 Å². The Morgan fingerprint density at radius 2 is 1.79 bits per heavy atom. The SMILES string of the molecule is COc1ccc([C@@H]2CC(=O)N(CC(=O)Nc3ccccc3F)c3ccccc3S2)cc1OC. The van der Waals surface area contributed by atoms with Gasteiger partial charge in [-0.15, -0.1) is 11.8 Å². The first-order chi connectivity index (χ1) is 16.0. The number of ether oxygens (including phenoxy) is 2. The van der Waals surface area contributed by atoms with E-state index in [1.54, 1.807) is 38.1 Å². The molecule has 0 fully saturated rings. The molecule has 8 heteroatoms. The van der Waals surface area contributed by atoms with E-state index in [1.165, 1.54) is 17.0 Å². The molecule has 6 nitrogen and oxygen atoms in total. The second-order valence-electron chi connectivity index (χ2n) is 7.40. The number of nitrogens with one attached hydrogen (secondary N) is 1. The van der Waals surface area contributed by atoms with E-state index in [0.717, 1.165) is 10.5 Å². The first-order valence-corrected chi connectivity index (χ1v) is 11.2. The molecule has 0 aliphatic carbocycles. The number of halogens is 1. The molecule has 3 aromatic rings. The van der Waals surface area contributed by atoms with Crippen molar-refractivity contribution in [2.45, 2.75) is 16.6 Å². The van der Waals surface area contributed by atoms with Gasteiger partial charge in [0.15, 0.2) is 11.5 Å². The number of nitrogens with zero attached hydrogens (tertiary/aromatic N) is 1. The highest BCUT2D eigenvalue weighted by Gasteiger charge is 2.31. The van der Waals surface area contributed by atoms with Crippen molar-refractivity contribution in [2.24, 2.45) is 0 Å². The molecule has 0 saturated carbocycles. The first-order valence-electron chi connectivity index (χ1n) is 10.3. The van der Waals surface area contributed by atoms with Crippen LogP contribution in [-0.4, -0.2) is 32.6 Å². The van der Waals surface area contributed by atoms with Crippen LogP contribution < -0.4 is 19.7 Å². The van der Waals surface area contributed by atoms with Crippen molar-refractivity contribution in [3.63, 3.8) is 0 Å². The molecule has 1 aliphatic heterocycles. The van der Waals surface area contributed by atoms with Crippen LogP contribution in [0.4, 0.5) is 15.8 Å². The Hall–Kier alpha value is -3.52. The number of rotatable bonds is 6. The van der Waals surface area contributed by atoms with Gasteiger partial charge in [-0.2, -0.15) is 0 Å². The van der Waals surface area contributed by atoms with Crippen molar-refractivity contribution in [3.05, 3.63) is 78.1 Å². The van der Waals surface area contributed by atoms with E-state index in [9.17, 15) is 14.0 Å². The van der Waals surface area contributed by atoms with E-state index in [2.05, 4.69) is 5.32 Å². The number of thioether (sulfide) groups is 1. The quantitative estimate of drug-likeness (QED) is 0.551. The maximum Gasteiger partial charge on any atom is 0.244 e. The van der Waals surface area contributed by atoms with Gasteiger partial charge >= 0.3 is 0 Å². The van der Waals surface area contributed by atoms with Gasteiger partial charge in [0.05, 0.1) is 25.6 Å². The lowest BCUT2D eigenvalue weighted by Crippen LogP contribution is -2.38. The number of benzene rings is 3. The molecule has 170 valence electrons. The molecule has 1 aliphatic rings. The molecule has 33 heavy (non-hydrogen) atoms. The van der Waals surface area contributed by atoms with Crippen molar-refractivity contribution in [2.75, 3.05) is 31.0 Å². The lowest BCUT2D eigenvalue weighted by Gasteiger charge is -2.22. The van der Waals surface area contributed by atoms with Crippen LogP contribution in [0.3, 0.4) is 0 Å². The monoisotopic (exact) mass is 466 g/mol. The lowest BCUT2D eigenvalue weighted by molar-refractivity contribution is -0.121. The number of hydrogen-bond acceptors (Lipinski definition) is 5. The van der Waals surface area contributed by atoms with Crippen molar-refractivity contribution >= 4 is 35.0 Å². The number of carbonyl (C=O) groups excluding carboxylic acids is 2. The molecule has 1 heterocycles. The molecule has 1 atom stereocenters. The van der Waals surface area contributed by atoms with Crippen LogP contribution in [0.1, 0.15) is 17.2 Å². The van der Waals surface area contributed by atoms with E-state index in [4.69, 9.17) is 9.47 Å². The summed E-state index contributed by atoms with van der Waals surface area (Å²) in [6.07, 6.45) is 0.182. The summed E-state index contributed by atoms with van der Waals surface area (Å²) >= 11 is 1.55. The number of anilines is 2. The summed E-state index contributed by atoms with van der Waals surface area (Å²) in [4.78, 5) is 28.3. The van der Waals surface area contributed by atoms with Gasteiger partial charge in [0.1, 0.15) is 12.4 Å². The van der Waals surface area contributed by atoms with Crippen molar-refractivity contribution in [1.29, 1.82) is 0 Å². The van der Waals surface area contributed by atoms with E-state index >= 15 is 0 Å². The fourth-order valence-corrected chi connectivity index (χ4v) is 4.96. The third kappa shape index (κ3) is 4.96. The fraction of sp³-hybridized carbons (Fsp3) is 0.200. The Balaban J connectivity index is 1.60. The highest BCUT2D eigenvalue weighted by Crippen LogP contribution is 2.46. The highest BCUT2D eigenvalue weighted by atomic mass is 32.2. The maximum absolute atomic E-state index is 13.9. The lowest BCUT2D eigenvalue weighted by atomic mass is 10.1. The maximum atomic E-state index is 13.9. The van der Waals surface area contributed by atoms with Gasteiger partial charge in [-0.05, 0) is 42.0 Å². The van der Waals surface area contributed by atoms with Gasteiger partial charge in [0.2, 0.25) is 11.8 Å². The summed E-state index contributed by atoms with van der Waals surface area (Å²) in [5, 5.41) is 2.37. The van der Waals surface area contributed by atoms with Crippen LogP contribution >= 0.6 is 11.8 Å². The zero-order chi connectivity index (χ0) is 23.4. The van der Waals surface area contributed by atoms with E-state index in [0.29, 0.717) is 17.2 Å². The average molecular weight is 467 g/mol. The summed E-state index contributed by atoms with van der Waals surface area (Å²) in [6.45, 7) is -0.219. The number of amides is 2. The third-order valence-electron chi connectivity index (χ3n) is 5.32. The number of hydrogen-bond donors (Lipinski definition) is 1. The topological polar surface area (TPSA) is 67.9 Å². The van der Waals surface area contributed by atoms with Crippen molar-refractivity contribution in [1.82, 2.24) is 0 Å². The number of fused-ring (bicyclic) bond motifs is 1. The zero-order valence-corrected chi connectivity index (χ0v) is 19.0. The average Bonchev–Trinajstić information content (AvgIpc) is 2.96. The molecule has 0 spiro atoms. The predicted molar refractivity (Wildman–Crippen MR) is 127 cm³/mol. The summed E-state index contributed by atoms with van der Waals surface area (Å²) in [5.41, 5.74) is 1.65. The molecular formula is C25H23FN2O4S. The Morgan fingerprint density at radius 1 is 1.06 bits per heavy atom. The molecule has 0 radical (unpaired) electrons. The largest absolute Gasteiger partial charge is 0.493 e. The summed E-state index contributed by atoms with van der Waals surface area (Å²) in [6, 6.07) is 19.0. The number of para-hydroxylation sites is 2. The summed E-state index contributed by atoms with van der Waals surface area (Å²) in [5.74, 6) is -0.00834. The van der Waals surface area contributed by atoms with Crippen LogP contribution in [-0.2, 0) is 9.59 Å². The molecule has 0 saturated heterocycles. The van der Waals surface area contributed by atoms with E-state index < -0.39 is 11.7 Å². The van der Waals surface area contributed by atoms with E-state index in [1.807, 2.05) is 42.5 Å². The number of methoxy groups -OCH3 is 2. The molecule has 2 amide bonds. The Morgan fingerprint density at radius 3 is 2.55 bits per heavy atom. The van der Waals surface area contributed by atoms with E-state index in [-0.39, 0.29) is 29.8 Å². The van der Waals surface area contributed by atoms with Crippen molar-refractivity contribution < 1.29 is 23.5 Å². The molecule has 4 rings (SSSR count). The minimum atomic E-state index is -0.530. The molecule has 0 aromatic heterocycles. The molecule has 3 aromatic carbocycles. The minimum absolute atomic E-state index is 0.0793. The Bertz CT molecular complexity index is 1190. The van der Waals surface area contributed by atoms with Gasteiger partial charge in [-0.3, -0.25) is 9.59 Å². The van der Waals surface area contributed by atoms with Crippen LogP contribution in [0, 0.1) is 5.82 Å². The normalized spacial score (nSPS) is 15.4. The van der Waals surface area contributed by atoms with Crippen LogP contribution in [0.2, 0.25) is 0 Å². The van der Waals surface area contributed by atoms with Gasteiger partial charge in [-0.1, -0.05) is 30.3 Å². The second-order valence-corrected chi connectivity index (χ2v) is 8.65. The highest BCUT2D eigenvalue weighted by molar-refractivity contribution is 7.99. The molecule has 0 bridgehead atoms. The van der Waals surface area contributed by atoms with Crippen LogP contribution in [0.25, 0.3) is 0 Å². The van der Waals surface area contributed by atoms with Crippen molar-refractivity contribution in [3.8, 4) is 11.5 Å². The van der Waals surface area contributed by atoms with Gasteiger partial charge in [-0.25, -0.2) is 4.39 Å². The van der Waals surface area contributed by atoms with Gasteiger partial charge in [0, 0.05) is 16.6 Å². The second kappa shape index (κ2) is 9.95. The molecular weight excluding hydrogens is 443 g/mol. The zero-order valence-electron chi connectivity index (χ0n) is 18.2. The third-order valence-corrected chi connectivity index (χ3v) is 6.64. The number of carbonyl (C=O) groups is 2. The molecule has 0 unspecified atom stereocenters. The predicted octanol–water partition coefficient (Wildman–Crippen LogP) is 5.05. The van der Waals surface area contributed by atoms with Gasteiger partial charge in [0.25, 0.3) is 0 Å². The standard InChI is InChI=1S/C25H23FN2O4S/c1-31-20-12-11-16(13-21(20)32-2)23-14-25(30)28(19-9-5-6-10-22(19)33-23)15-24(29)27-18-8-4-3-7-17(18)26/h3-13,23H,14-15H2,1-2H3,(H,27,29)/t23-/m0/s1.